The van der Waals surface area contributed by atoms with Crippen molar-refractivity contribution in [3.63, 3.8) is 0 Å². The summed E-state index contributed by atoms with van der Waals surface area (Å²) in [5.41, 5.74) is 14.0. The van der Waals surface area contributed by atoms with Crippen LogP contribution in [0.15, 0.2) is 0 Å². The van der Waals surface area contributed by atoms with Crippen LogP contribution in [0.5, 0.6) is 0 Å². The van der Waals surface area contributed by atoms with Gasteiger partial charge in [0.1, 0.15) is 0 Å². The molecule has 0 amide bonds. The summed E-state index contributed by atoms with van der Waals surface area (Å²) in [5.74, 6) is 0. The van der Waals surface area contributed by atoms with Gasteiger partial charge in [0.15, 0.2) is 0 Å². The van der Waals surface area contributed by atoms with E-state index in [0.29, 0.717) is 0 Å². The SMILES string of the molecule is NC(=S)[S-].NC(=S)[S-].NC(=S)[S-].[CH2-]CCCCCCCCCCCCCCCCC.[Mo+4]. The molecule has 0 saturated carbocycles. The topological polar surface area (TPSA) is 78.1 Å². The Hall–Kier alpha value is 1.02. The van der Waals surface area contributed by atoms with Gasteiger partial charge in [0.2, 0.25) is 0 Å². The second-order valence-electron chi connectivity index (χ2n) is 6.76. The Morgan fingerprint density at radius 3 is 0.871 bits per heavy atom. The van der Waals surface area contributed by atoms with Gasteiger partial charge in [-0.05, 0) is 0 Å². The van der Waals surface area contributed by atoms with E-state index < -0.39 is 0 Å². The first-order valence-corrected chi connectivity index (χ1v) is 13.2. The Kier molecular flexibility index (Phi) is 56.2. The largest absolute Gasteiger partial charge is 4.00 e. The summed E-state index contributed by atoms with van der Waals surface area (Å²) in [6.45, 7) is 6.18. The third-order valence-corrected chi connectivity index (χ3v) is 3.85. The van der Waals surface area contributed by atoms with Crippen LogP contribution in [0.1, 0.15) is 110 Å². The van der Waals surface area contributed by atoms with Gasteiger partial charge in [-0.3, -0.25) is 0 Å². The Balaban J connectivity index is -0.000000142. The molecule has 3 nitrogen and oxygen atoms in total. The predicted octanol–water partition coefficient (Wildman–Crippen LogP) is 6.41. The van der Waals surface area contributed by atoms with Gasteiger partial charge >= 0.3 is 21.1 Å². The van der Waals surface area contributed by atoms with E-state index >= 15 is 0 Å². The van der Waals surface area contributed by atoms with E-state index in [4.69, 9.17) is 0 Å². The minimum Gasteiger partial charge on any atom is -0.415 e. The standard InChI is InChI=1S/C18H37.3CH3NS2.Mo/c1-3-5-7-9-11-13-15-17-18-16-14-12-10-8-6-4-2;3*2-1(3)4;/h1,3-18H2,2H3;3*(H3,2,3,4);/q-1;;;;+4/p-3. The van der Waals surface area contributed by atoms with Crippen LogP contribution in [0.25, 0.3) is 0 Å². The average molecular weight is 626 g/mol. The molecule has 0 aliphatic heterocycles. The van der Waals surface area contributed by atoms with Crippen molar-refractivity contribution in [1.82, 2.24) is 0 Å². The molecule has 0 aromatic rings. The molecule has 0 bridgehead atoms. The second-order valence-corrected chi connectivity index (χ2v) is 10.2. The van der Waals surface area contributed by atoms with Crippen molar-refractivity contribution in [2.45, 2.75) is 110 Å². The monoisotopic (exact) mass is 627 g/mol. The molecule has 0 radical (unpaired) electrons. The molecule has 10 heteroatoms. The van der Waals surface area contributed by atoms with Crippen molar-refractivity contribution < 1.29 is 21.1 Å². The number of thiocarbonyl (C=S) groups is 3. The third kappa shape index (κ3) is 102. The number of hydrogen-bond acceptors (Lipinski definition) is 6. The molecule has 0 spiro atoms. The zero-order chi connectivity index (χ0) is 24.0. The van der Waals surface area contributed by atoms with Gasteiger partial charge in [-0.15, -0.1) is 0 Å². The van der Waals surface area contributed by atoms with Crippen molar-refractivity contribution in [3.8, 4) is 0 Å². The number of nitrogens with two attached hydrogens (primary N) is 3. The van der Waals surface area contributed by atoms with Crippen LogP contribution in [-0.4, -0.2) is 13.0 Å². The first-order valence-electron chi connectivity index (χ1n) is 10.8. The first-order chi connectivity index (χ1) is 14.1. The molecule has 6 N–H and O–H groups in total. The van der Waals surface area contributed by atoms with Crippen molar-refractivity contribution in [1.29, 1.82) is 0 Å². The van der Waals surface area contributed by atoms with Crippen LogP contribution in [-0.2, 0) is 59.0 Å². The molecule has 0 unspecified atom stereocenters. The fraction of sp³-hybridized carbons (Fsp3) is 0.810. The molecular weight excluding hydrogens is 583 g/mol. The van der Waals surface area contributed by atoms with Crippen LogP contribution in [0.4, 0.5) is 0 Å². The molecule has 0 fully saturated rings. The maximum Gasteiger partial charge on any atom is 4.00 e. The molecule has 0 aromatic heterocycles. The summed E-state index contributed by atoms with van der Waals surface area (Å²) in [5, 5.41) is 0. The van der Waals surface area contributed by atoms with Crippen molar-refractivity contribution in [3.05, 3.63) is 6.92 Å². The summed E-state index contributed by atoms with van der Waals surface area (Å²) in [6.07, 6.45) is 22.8. The quantitative estimate of drug-likeness (QED) is 0.0629. The van der Waals surface area contributed by atoms with Crippen LogP contribution in [0.3, 0.4) is 0 Å². The van der Waals surface area contributed by atoms with Gasteiger partial charge in [-0.25, -0.2) is 0 Å². The van der Waals surface area contributed by atoms with E-state index in [1.165, 1.54) is 96.3 Å². The first kappa shape index (κ1) is 42.2. The van der Waals surface area contributed by atoms with Crippen LogP contribution < -0.4 is 17.2 Å². The van der Waals surface area contributed by atoms with Gasteiger partial charge in [0, 0.05) is 0 Å². The maximum absolute atomic E-state index is 4.66. The van der Waals surface area contributed by atoms with E-state index in [1.807, 2.05) is 0 Å². The van der Waals surface area contributed by atoms with Crippen LogP contribution in [0, 0.1) is 6.92 Å². The third-order valence-electron chi connectivity index (χ3n) is 3.85. The zero-order valence-electron chi connectivity index (χ0n) is 19.1. The van der Waals surface area contributed by atoms with Gasteiger partial charge in [-0.1, -0.05) is 116 Å². The summed E-state index contributed by atoms with van der Waals surface area (Å²) < 4.78 is 0.250. The zero-order valence-corrected chi connectivity index (χ0v) is 26.0. The Bertz CT molecular complexity index is 318. The van der Waals surface area contributed by atoms with Crippen molar-refractivity contribution >= 4 is 87.5 Å². The summed E-state index contributed by atoms with van der Waals surface area (Å²) in [6, 6.07) is 0. The minimum absolute atomic E-state index is 0. The summed E-state index contributed by atoms with van der Waals surface area (Å²) >= 11 is 24.8. The molecule has 0 atom stereocenters. The number of unbranched alkanes of at least 4 members (excludes halogenated alkanes) is 15. The molecule has 31 heavy (non-hydrogen) atoms. The van der Waals surface area contributed by atoms with E-state index in [-0.39, 0.29) is 34.0 Å². The Morgan fingerprint density at radius 1 is 0.548 bits per heavy atom. The Morgan fingerprint density at radius 2 is 0.710 bits per heavy atom. The van der Waals surface area contributed by atoms with Crippen LogP contribution in [0.2, 0.25) is 0 Å². The van der Waals surface area contributed by atoms with E-state index in [1.54, 1.807) is 0 Å². The number of hydrogen-bond donors (Lipinski definition) is 3. The van der Waals surface area contributed by atoms with E-state index in [0.717, 1.165) is 6.42 Å². The van der Waals surface area contributed by atoms with Gasteiger partial charge < -0.3 is 98.7 Å². The Labute approximate surface area is 240 Å². The molecular formula is C21H43MoN3S6. The van der Waals surface area contributed by atoms with Gasteiger partial charge in [-0.2, -0.15) is 6.42 Å². The fourth-order valence-electron chi connectivity index (χ4n) is 2.55. The smallest absolute Gasteiger partial charge is 0.415 e. The van der Waals surface area contributed by atoms with Crippen molar-refractivity contribution in [2.75, 3.05) is 0 Å². The second kappa shape index (κ2) is 41.3. The van der Waals surface area contributed by atoms with Gasteiger partial charge in [0.25, 0.3) is 0 Å². The molecule has 0 saturated heterocycles. The minimum atomic E-state index is 0. The molecule has 0 aromatic carbocycles. The summed E-state index contributed by atoms with van der Waals surface area (Å²) in [4.78, 5) is 0. The van der Waals surface area contributed by atoms with Gasteiger partial charge in [0.05, 0.1) is 0 Å². The molecule has 184 valence electrons. The van der Waals surface area contributed by atoms with Crippen molar-refractivity contribution in [2.24, 2.45) is 17.2 Å². The average Bonchev–Trinajstić information content (AvgIpc) is 2.61. The summed E-state index contributed by atoms with van der Waals surface area (Å²) in [7, 11) is 0. The molecule has 0 rings (SSSR count). The molecule has 0 heterocycles. The molecule has 0 aliphatic rings. The van der Waals surface area contributed by atoms with E-state index in [9.17, 15) is 0 Å². The predicted molar refractivity (Wildman–Crippen MR) is 157 cm³/mol. The van der Waals surface area contributed by atoms with Crippen LogP contribution >= 0.6 is 36.7 Å². The van der Waals surface area contributed by atoms with E-state index in [2.05, 4.69) is 106 Å². The fourth-order valence-corrected chi connectivity index (χ4v) is 2.55. The number of rotatable bonds is 15. The molecule has 0 aliphatic carbocycles. The maximum atomic E-state index is 4.66. The normalized spacial score (nSPS) is 8.71.